The Morgan fingerprint density at radius 2 is 2.09 bits per heavy atom. The minimum atomic E-state index is -1.22. The van der Waals surface area contributed by atoms with Gasteiger partial charge in [-0.3, -0.25) is 19.8 Å². The third-order valence-corrected chi connectivity index (χ3v) is 4.99. The summed E-state index contributed by atoms with van der Waals surface area (Å²) in [5.74, 6) is -3.15. The number of hydrogen-bond acceptors (Lipinski definition) is 7. The Kier molecular flexibility index (Phi) is 3.83. The van der Waals surface area contributed by atoms with Gasteiger partial charge in [0, 0.05) is 4.91 Å². The number of aliphatic carboxylic acids is 1. The highest BCUT2D eigenvalue weighted by Crippen LogP contribution is 2.46. The standard InChI is InChI=1S/C13H15N3O5S/c17-8(18)5-14-12(20)9-11(19)10-6-3-1-2-4-7(6)22-16(10)15-13(9)21/h10,15,21H,1-5H2,(H,14,20)(H,17,18). The Morgan fingerprint density at radius 3 is 2.82 bits per heavy atom. The van der Waals surface area contributed by atoms with Crippen molar-refractivity contribution in [1.29, 1.82) is 0 Å². The Balaban J connectivity index is 1.85. The number of amides is 1. The maximum Gasteiger partial charge on any atom is 0.322 e. The van der Waals surface area contributed by atoms with Crippen LogP contribution in [-0.4, -0.2) is 44.9 Å². The van der Waals surface area contributed by atoms with Crippen molar-refractivity contribution in [3.8, 4) is 0 Å². The van der Waals surface area contributed by atoms with Crippen molar-refractivity contribution < 1.29 is 24.6 Å². The Hall–Kier alpha value is -2.00. The number of carbonyl (C=O) groups excluding carboxylic acids is 2. The number of nitrogens with one attached hydrogen (secondary N) is 2. The molecule has 0 radical (unpaired) electrons. The molecule has 1 amide bonds. The molecule has 4 N–H and O–H groups in total. The molecule has 1 unspecified atom stereocenters. The second-order valence-electron chi connectivity index (χ2n) is 5.25. The summed E-state index contributed by atoms with van der Waals surface area (Å²) in [4.78, 5) is 36.2. The molecule has 3 rings (SSSR count). The van der Waals surface area contributed by atoms with Gasteiger partial charge < -0.3 is 15.5 Å². The Bertz CT molecular complexity index is 627. The molecule has 22 heavy (non-hydrogen) atoms. The van der Waals surface area contributed by atoms with Crippen molar-refractivity contribution >= 4 is 29.6 Å². The van der Waals surface area contributed by atoms with Crippen molar-refractivity contribution in [3.05, 3.63) is 21.9 Å². The average Bonchev–Trinajstić information content (AvgIpc) is 2.83. The monoisotopic (exact) mass is 325 g/mol. The van der Waals surface area contributed by atoms with Gasteiger partial charge in [0.2, 0.25) is 5.88 Å². The summed E-state index contributed by atoms with van der Waals surface area (Å²) >= 11 is 1.38. The second kappa shape index (κ2) is 5.65. The molecule has 0 aromatic rings. The van der Waals surface area contributed by atoms with Crippen LogP contribution in [0.2, 0.25) is 0 Å². The van der Waals surface area contributed by atoms with E-state index < -0.39 is 41.7 Å². The van der Waals surface area contributed by atoms with E-state index in [1.165, 1.54) is 11.9 Å². The van der Waals surface area contributed by atoms with E-state index in [2.05, 4.69) is 10.7 Å². The predicted molar refractivity (Wildman–Crippen MR) is 77.2 cm³/mol. The van der Waals surface area contributed by atoms with Gasteiger partial charge in [-0.1, -0.05) is 0 Å². The molecule has 2 heterocycles. The molecule has 0 fully saturated rings. The van der Waals surface area contributed by atoms with Crippen LogP contribution < -0.4 is 10.7 Å². The molecular weight excluding hydrogens is 310 g/mol. The normalized spacial score (nSPS) is 24.7. The van der Waals surface area contributed by atoms with E-state index in [9.17, 15) is 19.5 Å². The lowest BCUT2D eigenvalue weighted by Gasteiger charge is -2.30. The number of nitrogens with zero attached hydrogens (tertiary/aromatic N) is 1. The number of fused-ring (bicyclic) bond motifs is 2. The molecule has 0 aromatic heterocycles. The van der Waals surface area contributed by atoms with E-state index in [0.717, 1.165) is 36.2 Å². The van der Waals surface area contributed by atoms with Crippen molar-refractivity contribution in [2.75, 3.05) is 6.54 Å². The van der Waals surface area contributed by atoms with E-state index in [1.807, 2.05) is 0 Å². The highest BCUT2D eigenvalue weighted by atomic mass is 32.2. The number of hydrogen-bond donors (Lipinski definition) is 4. The van der Waals surface area contributed by atoms with Crippen LogP contribution >= 0.6 is 11.9 Å². The van der Waals surface area contributed by atoms with Gasteiger partial charge in [-0.2, -0.15) is 0 Å². The van der Waals surface area contributed by atoms with Crippen LogP contribution in [0.25, 0.3) is 0 Å². The van der Waals surface area contributed by atoms with Crippen molar-refractivity contribution in [1.82, 2.24) is 15.2 Å². The fraction of sp³-hybridized carbons (Fsp3) is 0.462. The van der Waals surface area contributed by atoms with Crippen LogP contribution in [0.1, 0.15) is 25.7 Å². The van der Waals surface area contributed by atoms with Gasteiger partial charge in [0.15, 0.2) is 5.78 Å². The molecule has 1 atom stereocenters. The number of aliphatic hydroxyl groups is 1. The minimum absolute atomic E-state index is 0.414. The molecule has 0 aromatic carbocycles. The van der Waals surface area contributed by atoms with E-state index >= 15 is 0 Å². The van der Waals surface area contributed by atoms with Crippen LogP contribution in [-0.2, 0) is 14.4 Å². The first-order valence-electron chi connectivity index (χ1n) is 6.92. The summed E-state index contributed by atoms with van der Waals surface area (Å²) < 4.78 is 1.56. The number of rotatable bonds is 3. The molecule has 0 spiro atoms. The lowest BCUT2D eigenvalue weighted by atomic mass is 9.88. The molecule has 3 aliphatic rings. The highest BCUT2D eigenvalue weighted by Gasteiger charge is 2.46. The fourth-order valence-electron chi connectivity index (χ4n) is 2.84. The first kappa shape index (κ1) is 14.9. The zero-order valence-electron chi connectivity index (χ0n) is 11.6. The van der Waals surface area contributed by atoms with Crippen LogP contribution in [0.4, 0.5) is 0 Å². The summed E-state index contributed by atoms with van der Waals surface area (Å²) in [6.45, 7) is -0.611. The first-order chi connectivity index (χ1) is 10.5. The SMILES string of the molecule is O=C(O)CNC(=O)C1=C(O)NN2SC3=C(CCCC3)C2C1=O. The molecule has 0 saturated heterocycles. The number of ketones is 1. The van der Waals surface area contributed by atoms with Crippen molar-refractivity contribution in [2.24, 2.45) is 0 Å². The predicted octanol–water partition coefficient (Wildman–Crippen LogP) is 0.205. The van der Waals surface area contributed by atoms with Crippen molar-refractivity contribution in [2.45, 2.75) is 31.7 Å². The fourth-order valence-corrected chi connectivity index (χ4v) is 4.10. The van der Waals surface area contributed by atoms with Gasteiger partial charge in [-0.25, -0.2) is 0 Å². The number of Topliss-reactive ketones (excluding diaryl/α,β-unsaturated/α-hetero) is 1. The average molecular weight is 325 g/mol. The number of aliphatic hydroxyl groups excluding tert-OH is 1. The Labute approximate surface area is 130 Å². The largest absolute Gasteiger partial charge is 0.493 e. The summed E-state index contributed by atoms with van der Waals surface area (Å²) in [5.41, 5.74) is 3.22. The van der Waals surface area contributed by atoms with Gasteiger partial charge in [0.05, 0.1) is 0 Å². The van der Waals surface area contributed by atoms with Gasteiger partial charge in [-0.15, -0.1) is 4.41 Å². The molecule has 9 heteroatoms. The number of carboxylic acid groups (broad SMARTS) is 1. The summed E-state index contributed by atoms with van der Waals surface area (Å²) in [5, 5.41) is 20.6. The highest BCUT2D eigenvalue weighted by molar-refractivity contribution is 8.01. The minimum Gasteiger partial charge on any atom is -0.493 e. The number of hydrazine groups is 1. The first-order valence-corrected chi connectivity index (χ1v) is 7.69. The molecule has 0 bridgehead atoms. The van der Waals surface area contributed by atoms with Crippen LogP contribution in [0, 0.1) is 0 Å². The lowest BCUT2D eigenvalue weighted by molar-refractivity contribution is -0.138. The zero-order valence-corrected chi connectivity index (χ0v) is 12.4. The van der Waals surface area contributed by atoms with Crippen molar-refractivity contribution in [3.63, 3.8) is 0 Å². The third kappa shape index (κ3) is 2.46. The second-order valence-corrected chi connectivity index (χ2v) is 6.32. The molecule has 2 aliphatic heterocycles. The number of allylic oxidation sites excluding steroid dienone is 1. The van der Waals surface area contributed by atoms with Crippen LogP contribution in [0.5, 0.6) is 0 Å². The topological polar surface area (TPSA) is 119 Å². The molecular formula is C13H15N3O5S. The quantitative estimate of drug-likeness (QED) is 0.429. The smallest absolute Gasteiger partial charge is 0.322 e. The maximum absolute atomic E-state index is 12.6. The van der Waals surface area contributed by atoms with Gasteiger partial charge >= 0.3 is 5.97 Å². The van der Waals surface area contributed by atoms with Gasteiger partial charge in [0.1, 0.15) is 18.2 Å². The van der Waals surface area contributed by atoms with Crippen LogP contribution in [0.15, 0.2) is 21.9 Å². The van der Waals surface area contributed by atoms with Crippen LogP contribution in [0.3, 0.4) is 0 Å². The lowest BCUT2D eigenvalue weighted by Crippen LogP contribution is -2.51. The van der Waals surface area contributed by atoms with Gasteiger partial charge in [0.25, 0.3) is 5.91 Å². The Morgan fingerprint density at radius 1 is 1.36 bits per heavy atom. The van der Waals surface area contributed by atoms with E-state index in [0.29, 0.717) is 0 Å². The van der Waals surface area contributed by atoms with E-state index in [4.69, 9.17) is 5.11 Å². The summed E-state index contributed by atoms with van der Waals surface area (Å²) in [7, 11) is 0. The summed E-state index contributed by atoms with van der Waals surface area (Å²) in [6.07, 6.45) is 3.74. The maximum atomic E-state index is 12.6. The molecule has 118 valence electrons. The number of carbonyl (C=O) groups is 3. The number of carboxylic acids is 1. The molecule has 8 nitrogen and oxygen atoms in total. The van der Waals surface area contributed by atoms with Gasteiger partial charge in [-0.05, 0) is 43.2 Å². The molecule has 0 saturated carbocycles. The van der Waals surface area contributed by atoms with E-state index in [1.54, 1.807) is 4.41 Å². The zero-order chi connectivity index (χ0) is 15.9. The third-order valence-electron chi connectivity index (χ3n) is 3.81. The summed E-state index contributed by atoms with van der Waals surface area (Å²) in [6, 6.07) is -0.609. The van der Waals surface area contributed by atoms with E-state index in [-0.39, 0.29) is 0 Å². The molecule has 1 aliphatic carbocycles.